The zero-order valence-electron chi connectivity index (χ0n) is 3.71. The van der Waals surface area contributed by atoms with Crippen molar-refractivity contribution in [2.45, 2.75) is 6.16 Å². The monoisotopic (exact) mass is 107 g/mol. The molecule has 42 valence electrons. The van der Waals surface area contributed by atoms with Crippen molar-refractivity contribution in [3.8, 4) is 0 Å². The van der Waals surface area contributed by atoms with Gasteiger partial charge in [-0.3, -0.25) is 0 Å². The summed E-state index contributed by atoms with van der Waals surface area (Å²) in [5.74, 6) is 4.60. The lowest BCUT2D eigenvalue weighted by Crippen LogP contribution is -2.21. The molecule has 5 nitrogen and oxygen atoms in total. The summed E-state index contributed by atoms with van der Waals surface area (Å²) in [4.78, 5) is 12.3. The van der Waals surface area contributed by atoms with Gasteiger partial charge >= 0.3 is 6.16 Å². The van der Waals surface area contributed by atoms with Crippen molar-refractivity contribution in [2.24, 2.45) is 5.90 Å². The summed E-state index contributed by atoms with van der Waals surface area (Å²) in [5, 5.41) is 0. The maximum atomic E-state index is 4.60. The van der Waals surface area contributed by atoms with Crippen LogP contribution in [0.25, 0.3) is 0 Å². The first-order chi connectivity index (χ1) is 3.33. The average molecular weight is 107 g/mol. The molecular weight excluding hydrogens is 102 g/mol. The summed E-state index contributed by atoms with van der Waals surface area (Å²) < 4.78 is 4.41. The number of hydrogen-bond donors (Lipinski definition) is 1. The number of methoxy groups -OCH3 is 1. The van der Waals surface area contributed by atoms with Crippen molar-refractivity contribution in [1.82, 2.24) is 0 Å². The Bertz CT molecular complexity index is 64.1. The number of rotatable bonds is 2. The molecule has 0 atom stereocenters. The van der Waals surface area contributed by atoms with Gasteiger partial charge in [0, 0.05) is 7.11 Å². The zero-order chi connectivity index (χ0) is 5.33. The molecule has 0 aromatic carbocycles. The smallest absolute Gasteiger partial charge is 0.302 e. The highest BCUT2D eigenvalue weighted by Gasteiger charge is 2.53. The van der Waals surface area contributed by atoms with Gasteiger partial charge in [-0.05, 0) is 0 Å². The molecule has 2 N–H and O–H groups in total. The van der Waals surface area contributed by atoms with Crippen molar-refractivity contribution in [2.75, 3.05) is 7.11 Å². The fourth-order valence-electron chi connectivity index (χ4n) is 0.189. The summed E-state index contributed by atoms with van der Waals surface area (Å²) in [5.41, 5.74) is 0. The SMILES string of the molecule is COC1(ON)OO1. The van der Waals surface area contributed by atoms with Crippen LogP contribution in [0.2, 0.25) is 0 Å². The molecule has 1 rings (SSSR count). The van der Waals surface area contributed by atoms with E-state index in [4.69, 9.17) is 0 Å². The highest BCUT2D eigenvalue weighted by atomic mass is 17.5. The van der Waals surface area contributed by atoms with E-state index >= 15 is 0 Å². The molecular formula is C2H5NO4. The first-order valence-electron chi connectivity index (χ1n) is 1.63. The first-order valence-corrected chi connectivity index (χ1v) is 1.63. The van der Waals surface area contributed by atoms with Gasteiger partial charge in [-0.25, -0.2) is 10.7 Å². The number of hydrogen-bond acceptors (Lipinski definition) is 5. The lowest BCUT2D eigenvalue weighted by Gasteiger charge is -1.95. The predicted molar refractivity (Wildman–Crippen MR) is 17.2 cm³/mol. The van der Waals surface area contributed by atoms with Crippen molar-refractivity contribution in [1.29, 1.82) is 0 Å². The minimum absolute atomic E-state index is 1.35. The van der Waals surface area contributed by atoms with Gasteiger partial charge in [-0.15, -0.1) is 9.78 Å². The van der Waals surface area contributed by atoms with Crippen LogP contribution in [0.15, 0.2) is 0 Å². The molecule has 1 aliphatic rings. The molecule has 0 aliphatic carbocycles. The molecule has 1 fully saturated rings. The van der Waals surface area contributed by atoms with E-state index in [0.29, 0.717) is 0 Å². The third-order valence-corrected chi connectivity index (χ3v) is 0.614. The molecule has 0 radical (unpaired) electrons. The highest BCUT2D eigenvalue weighted by molar-refractivity contribution is 4.35. The molecule has 1 heterocycles. The van der Waals surface area contributed by atoms with Gasteiger partial charge in [-0.2, -0.15) is 0 Å². The Morgan fingerprint density at radius 3 is 2.14 bits per heavy atom. The van der Waals surface area contributed by atoms with Gasteiger partial charge in [0.2, 0.25) is 0 Å². The molecule has 1 aliphatic heterocycles. The van der Waals surface area contributed by atoms with Crippen molar-refractivity contribution >= 4 is 0 Å². The van der Waals surface area contributed by atoms with E-state index in [1.165, 1.54) is 7.11 Å². The van der Waals surface area contributed by atoms with E-state index < -0.39 is 6.16 Å². The second-order valence-electron chi connectivity index (χ2n) is 0.989. The normalized spacial score (nSPS) is 24.9. The van der Waals surface area contributed by atoms with Crippen LogP contribution in [0.3, 0.4) is 0 Å². The van der Waals surface area contributed by atoms with Crippen molar-refractivity contribution in [3.63, 3.8) is 0 Å². The Labute approximate surface area is 39.8 Å². The van der Waals surface area contributed by atoms with Crippen LogP contribution in [0.5, 0.6) is 0 Å². The Balaban J connectivity index is 2.28. The van der Waals surface area contributed by atoms with Crippen LogP contribution in [0.4, 0.5) is 0 Å². The van der Waals surface area contributed by atoms with Crippen LogP contribution < -0.4 is 5.90 Å². The van der Waals surface area contributed by atoms with E-state index in [-0.39, 0.29) is 0 Å². The second kappa shape index (κ2) is 1.39. The van der Waals surface area contributed by atoms with E-state index in [9.17, 15) is 0 Å². The Morgan fingerprint density at radius 1 is 1.57 bits per heavy atom. The molecule has 0 saturated carbocycles. The van der Waals surface area contributed by atoms with Crippen molar-refractivity contribution in [3.05, 3.63) is 0 Å². The number of ether oxygens (including phenoxy) is 1. The molecule has 0 amide bonds. The standard InChI is InChI=1S/C2H5NO4/c1-4-2(5-3)6-7-2/h3H2,1H3. The Morgan fingerprint density at radius 2 is 2.14 bits per heavy atom. The minimum Gasteiger partial charge on any atom is -0.302 e. The van der Waals surface area contributed by atoms with E-state index in [1.54, 1.807) is 0 Å². The summed E-state index contributed by atoms with van der Waals surface area (Å²) >= 11 is 0. The lowest BCUT2D eigenvalue weighted by molar-refractivity contribution is -0.233. The largest absolute Gasteiger partial charge is 0.482 e. The maximum Gasteiger partial charge on any atom is 0.482 e. The first kappa shape index (κ1) is 4.95. The topological polar surface area (TPSA) is 69.5 Å². The Hall–Kier alpha value is -0.200. The predicted octanol–water partition coefficient (Wildman–Crippen LogP) is -0.904. The summed E-state index contributed by atoms with van der Waals surface area (Å²) in [7, 11) is 1.35. The average Bonchev–Trinajstić information content (AvgIpc) is 2.46. The van der Waals surface area contributed by atoms with E-state index in [1.807, 2.05) is 0 Å². The summed E-state index contributed by atoms with van der Waals surface area (Å²) in [6.45, 7) is 0. The fourth-order valence-corrected chi connectivity index (χ4v) is 0.189. The maximum absolute atomic E-state index is 4.60. The summed E-state index contributed by atoms with van der Waals surface area (Å²) in [6.07, 6.45) is -1.39. The van der Waals surface area contributed by atoms with Gasteiger partial charge in [-0.1, -0.05) is 0 Å². The van der Waals surface area contributed by atoms with Crippen LogP contribution in [-0.2, 0) is 19.3 Å². The third-order valence-electron chi connectivity index (χ3n) is 0.614. The van der Waals surface area contributed by atoms with E-state index in [0.717, 1.165) is 0 Å². The van der Waals surface area contributed by atoms with Gasteiger partial charge in [0.15, 0.2) is 0 Å². The van der Waals surface area contributed by atoms with E-state index in [2.05, 4.69) is 25.2 Å². The van der Waals surface area contributed by atoms with Crippen LogP contribution in [0, 0.1) is 0 Å². The third kappa shape index (κ3) is 0.718. The zero-order valence-corrected chi connectivity index (χ0v) is 3.71. The van der Waals surface area contributed by atoms with Crippen LogP contribution >= 0.6 is 0 Å². The van der Waals surface area contributed by atoms with Gasteiger partial charge in [0.25, 0.3) is 0 Å². The Kier molecular flexibility index (Phi) is 0.983. The van der Waals surface area contributed by atoms with Gasteiger partial charge in [0.1, 0.15) is 0 Å². The van der Waals surface area contributed by atoms with Crippen molar-refractivity contribution < 1.29 is 19.3 Å². The minimum atomic E-state index is -1.39. The van der Waals surface area contributed by atoms with Crippen LogP contribution in [0.1, 0.15) is 0 Å². The highest BCUT2D eigenvalue weighted by Crippen LogP contribution is 2.28. The second-order valence-corrected chi connectivity index (χ2v) is 0.989. The molecule has 5 heteroatoms. The number of nitrogens with two attached hydrogens (primary N) is 1. The quantitative estimate of drug-likeness (QED) is 0.214. The van der Waals surface area contributed by atoms with Gasteiger partial charge < -0.3 is 4.74 Å². The van der Waals surface area contributed by atoms with Crippen LogP contribution in [-0.4, -0.2) is 13.3 Å². The molecule has 0 spiro atoms. The lowest BCUT2D eigenvalue weighted by atomic mass is 11.2. The van der Waals surface area contributed by atoms with Gasteiger partial charge in [0.05, 0.1) is 0 Å². The molecule has 0 aromatic heterocycles. The summed E-state index contributed by atoms with van der Waals surface area (Å²) in [6, 6.07) is 0. The molecule has 7 heavy (non-hydrogen) atoms. The molecule has 1 saturated heterocycles. The molecule has 0 aromatic rings. The molecule has 0 bridgehead atoms. The fraction of sp³-hybridized carbons (Fsp3) is 1.00. The molecule has 0 unspecified atom stereocenters.